The normalized spacial score (nSPS) is 22.5. The lowest BCUT2D eigenvalue weighted by atomic mass is 9.89. The zero-order valence-electron chi connectivity index (χ0n) is 22.5. The molecule has 0 N–H and O–H groups in total. The summed E-state index contributed by atoms with van der Waals surface area (Å²) in [5.74, 6) is 5.21. The molecule has 9 heteroatoms. The Morgan fingerprint density at radius 3 is 2.43 bits per heavy atom. The number of likely N-dealkylation sites (tertiary alicyclic amines) is 1. The van der Waals surface area contributed by atoms with Crippen molar-refractivity contribution in [3.8, 4) is 5.75 Å². The SMILES string of the molecule is CC1Oc2c(C3CC3)cc(C3CN(C)C3)cc2N(C(=O)OC(C)(C)C)c2ncnc(N3CCSCC3)c21. The highest BCUT2D eigenvalue weighted by Crippen LogP contribution is 2.54. The fraction of sp³-hybridized carbons (Fsp3) is 0.607. The van der Waals surface area contributed by atoms with E-state index in [2.05, 4.69) is 35.9 Å². The first-order chi connectivity index (χ1) is 17.7. The number of ether oxygens (including phenoxy) is 2. The Hall–Kier alpha value is -2.52. The van der Waals surface area contributed by atoms with Gasteiger partial charge in [0.25, 0.3) is 0 Å². The van der Waals surface area contributed by atoms with Gasteiger partial charge in [-0.1, -0.05) is 6.07 Å². The first-order valence-corrected chi connectivity index (χ1v) is 14.6. The van der Waals surface area contributed by atoms with Crippen LogP contribution < -0.4 is 14.5 Å². The summed E-state index contributed by atoms with van der Waals surface area (Å²) in [4.78, 5) is 29.7. The number of benzene rings is 1. The van der Waals surface area contributed by atoms with Crippen LogP contribution in [0.1, 0.15) is 75.2 Å². The number of carbonyl (C=O) groups is 1. The lowest BCUT2D eigenvalue weighted by Crippen LogP contribution is -2.42. The summed E-state index contributed by atoms with van der Waals surface area (Å²) in [7, 11) is 2.15. The maximum Gasteiger partial charge on any atom is 0.420 e. The van der Waals surface area contributed by atoms with Gasteiger partial charge in [0, 0.05) is 43.6 Å². The van der Waals surface area contributed by atoms with Crippen LogP contribution in [-0.2, 0) is 4.74 Å². The number of hydrogen-bond acceptors (Lipinski definition) is 8. The second-order valence-electron chi connectivity index (χ2n) is 11.8. The minimum Gasteiger partial charge on any atom is -0.483 e. The molecule has 1 aromatic carbocycles. The Balaban J connectivity index is 1.54. The first kappa shape index (κ1) is 24.8. The topological polar surface area (TPSA) is 71.0 Å². The Kier molecular flexibility index (Phi) is 6.26. The number of hydrogen-bond donors (Lipinski definition) is 0. The second kappa shape index (κ2) is 9.34. The van der Waals surface area contributed by atoms with Crippen LogP contribution in [0.25, 0.3) is 0 Å². The zero-order valence-corrected chi connectivity index (χ0v) is 23.3. The molecular formula is C28H37N5O3S. The van der Waals surface area contributed by atoms with E-state index in [9.17, 15) is 4.79 Å². The Morgan fingerprint density at radius 2 is 1.78 bits per heavy atom. The van der Waals surface area contributed by atoms with Crippen molar-refractivity contribution in [3.63, 3.8) is 0 Å². The molecule has 0 spiro atoms. The van der Waals surface area contributed by atoms with Crippen LogP contribution >= 0.6 is 11.8 Å². The second-order valence-corrected chi connectivity index (χ2v) is 13.0. The van der Waals surface area contributed by atoms with Crippen molar-refractivity contribution in [2.75, 3.05) is 54.5 Å². The molecule has 1 aliphatic carbocycles. The number of fused-ring (bicyclic) bond motifs is 2. The van der Waals surface area contributed by atoms with Crippen molar-refractivity contribution < 1.29 is 14.3 Å². The van der Waals surface area contributed by atoms with Crippen LogP contribution in [-0.4, -0.2) is 71.3 Å². The number of aromatic nitrogens is 2. The number of likely N-dealkylation sites (N-methyl/N-ethyl adjacent to an activating group) is 1. The van der Waals surface area contributed by atoms with E-state index >= 15 is 0 Å². The quantitative estimate of drug-likeness (QED) is 0.525. The molecule has 1 atom stereocenters. The highest BCUT2D eigenvalue weighted by Gasteiger charge is 2.41. The number of nitrogens with zero attached hydrogens (tertiary/aromatic N) is 5. The van der Waals surface area contributed by atoms with Gasteiger partial charge in [0.1, 0.15) is 29.6 Å². The van der Waals surface area contributed by atoms with E-state index in [0.29, 0.717) is 17.7 Å². The largest absolute Gasteiger partial charge is 0.483 e. The van der Waals surface area contributed by atoms with Crippen molar-refractivity contribution >= 4 is 35.2 Å². The summed E-state index contributed by atoms with van der Waals surface area (Å²) in [6.07, 6.45) is 3.13. The van der Waals surface area contributed by atoms with Crippen molar-refractivity contribution in [1.29, 1.82) is 0 Å². The molecule has 2 saturated heterocycles. The summed E-state index contributed by atoms with van der Waals surface area (Å²) >= 11 is 1.96. The predicted octanol–water partition coefficient (Wildman–Crippen LogP) is 5.46. The van der Waals surface area contributed by atoms with E-state index in [1.54, 1.807) is 11.2 Å². The molecular weight excluding hydrogens is 486 g/mol. The zero-order chi connectivity index (χ0) is 25.9. The molecule has 198 valence electrons. The highest BCUT2D eigenvalue weighted by molar-refractivity contribution is 7.99. The molecule has 0 bridgehead atoms. The van der Waals surface area contributed by atoms with Gasteiger partial charge in [-0.3, -0.25) is 0 Å². The molecule has 0 radical (unpaired) electrons. The maximum absolute atomic E-state index is 14.0. The number of amides is 1. The number of carbonyl (C=O) groups excluding carboxylic acids is 1. The van der Waals surface area contributed by atoms with Gasteiger partial charge in [-0.2, -0.15) is 11.8 Å². The van der Waals surface area contributed by atoms with Gasteiger partial charge in [-0.15, -0.1) is 0 Å². The van der Waals surface area contributed by atoms with E-state index in [1.807, 2.05) is 32.5 Å². The first-order valence-electron chi connectivity index (χ1n) is 13.4. The third kappa shape index (κ3) is 4.76. The highest BCUT2D eigenvalue weighted by atomic mass is 32.2. The summed E-state index contributed by atoms with van der Waals surface area (Å²) in [6, 6.07) is 4.47. The van der Waals surface area contributed by atoms with Crippen LogP contribution in [0.3, 0.4) is 0 Å². The third-order valence-corrected chi connectivity index (χ3v) is 8.50. The summed E-state index contributed by atoms with van der Waals surface area (Å²) < 4.78 is 12.8. The van der Waals surface area contributed by atoms with Crippen molar-refractivity contribution in [1.82, 2.24) is 14.9 Å². The van der Waals surface area contributed by atoms with Crippen LogP contribution in [0.15, 0.2) is 18.5 Å². The lowest BCUT2D eigenvalue weighted by molar-refractivity contribution is 0.0598. The van der Waals surface area contributed by atoms with Gasteiger partial charge < -0.3 is 19.3 Å². The van der Waals surface area contributed by atoms with Crippen LogP contribution in [0.5, 0.6) is 5.75 Å². The monoisotopic (exact) mass is 523 g/mol. The summed E-state index contributed by atoms with van der Waals surface area (Å²) in [5, 5.41) is 0. The van der Waals surface area contributed by atoms with E-state index in [0.717, 1.165) is 73.3 Å². The molecule has 6 rings (SSSR count). The Morgan fingerprint density at radius 1 is 1.08 bits per heavy atom. The molecule has 37 heavy (non-hydrogen) atoms. The number of rotatable bonds is 3. The smallest absolute Gasteiger partial charge is 0.420 e. The molecule has 4 heterocycles. The van der Waals surface area contributed by atoms with Gasteiger partial charge in [0.2, 0.25) is 0 Å². The minimum absolute atomic E-state index is 0.315. The van der Waals surface area contributed by atoms with E-state index in [4.69, 9.17) is 19.4 Å². The van der Waals surface area contributed by atoms with Gasteiger partial charge in [0.05, 0.1) is 11.3 Å². The molecule has 8 nitrogen and oxygen atoms in total. The maximum atomic E-state index is 14.0. The fourth-order valence-electron chi connectivity index (χ4n) is 5.58. The van der Waals surface area contributed by atoms with Gasteiger partial charge in [0.15, 0.2) is 5.82 Å². The van der Waals surface area contributed by atoms with Crippen molar-refractivity contribution in [2.24, 2.45) is 0 Å². The third-order valence-electron chi connectivity index (χ3n) is 7.56. The molecule has 2 aromatic rings. The van der Waals surface area contributed by atoms with Gasteiger partial charge in [-0.25, -0.2) is 19.7 Å². The summed E-state index contributed by atoms with van der Waals surface area (Å²) in [6.45, 7) is 11.6. The average molecular weight is 524 g/mol. The van der Waals surface area contributed by atoms with Crippen LogP contribution in [0.4, 0.5) is 22.1 Å². The number of thioether (sulfide) groups is 1. The average Bonchev–Trinajstić information content (AvgIpc) is 3.68. The minimum atomic E-state index is -0.649. The van der Waals surface area contributed by atoms with E-state index < -0.39 is 11.7 Å². The molecule has 1 amide bonds. The summed E-state index contributed by atoms with van der Waals surface area (Å²) in [5.41, 5.74) is 3.41. The molecule has 4 aliphatic rings. The van der Waals surface area contributed by atoms with E-state index in [1.165, 1.54) is 11.1 Å². The van der Waals surface area contributed by atoms with Gasteiger partial charge in [-0.05, 0) is 70.7 Å². The number of anilines is 3. The van der Waals surface area contributed by atoms with E-state index in [-0.39, 0.29) is 6.10 Å². The molecule has 1 saturated carbocycles. The van der Waals surface area contributed by atoms with Crippen LogP contribution in [0.2, 0.25) is 0 Å². The van der Waals surface area contributed by atoms with Crippen molar-refractivity contribution in [3.05, 3.63) is 35.2 Å². The van der Waals surface area contributed by atoms with Crippen LogP contribution in [0, 0.1) is 0 Å². The van der Waals surface area contributed by atoms with Crippen molar-refractivity contribution in [2.45, 2.75) is 64.1 Å². The van der Waals surface area contributed by atoms with Gasteiger partial charge >= 0.3 is 6.09 Å². The standard InChI is InChI=1S/C28H37N5O3S/c1-17-23-25(32-8-10-37-11-9-32)29-16-30-26(23)33(27(34)36-28(2,3)4)22-13-19(20-14-31(5)15-20)12-21(18-6-7-18)24(22)35-17/h12-13,16-18,20H,6-11,14-15H2,1-5H3. The Labute approximate surface area is 223 Å². The molecule has 3 fully saturated rings. The molecule has 1 aromatic heterocycles. The Bertz CT molecular complexity index is 1200. The molecule has 3 aliphatic heterocycles. The fourth-order valence-corrected chi connectivity index (χ4v) is 6.49. The molecule has 1 unspecified atom stereocenters. The predicted molar refractivity (Wildman–Crippen MR) is 148 cm³/mol. The lowest BCUT2D eigenvalue weighted by Gasteiger charge is -2.37.